The number of amides is 1. The summed E-state index contributed by atoms with van der Waals surface area (Å²) in [5.41, 5.74) is 0.778. The van der Waals surface area contributed by atoms with E-state index in [2.05, 4.69) is 5.10 Å². The Morgan fingerprint density at radius 2 is 2.11 bits per heavy atom. The number of hydrogen-bond donors (Lipinski definition) is 0. The van der Waals surface area contributed by atoms with Gasteiger partial charge in [0.2, 0.25) is 10.0 Å². The molecule has 1 amide bonds. The van der Waals surface area contributed by atoms with Crippen molar-refractivity contribution in [2.75, 3.05) is 26.2 Å². The van der Waals surface area contributed by atoms with E-state index in [9.17, 15) is 13.2 Å². The van der Waals surface area contributed by atoms with Crippen molar-refractivity contribution in [1.82, 2.24) is 19.0 Å². The van der Waals surface area contributed by atoms with Crippen LogP contribution in [-0.2, 0) is 14.8 Å². The fraction of sp³-hybridized carbons (Fsp3) is 0.444. The number of fused-ring (bicyclic) bond motifs is 1. The molecule has 1 unspecified atom stereocenters. The molecule has 0 bridgehead atoms. The lowest BCUT2D eigenvalue weighted by Crippen LogP contribution is -2.62. The van der Waals surface area contributed by atoms with E-state index >= 15 is 0 Å². The normalized spacial score (nSPS) is 23.3. The van der Waals surface area contributed by atoms with Gasteiger partial charge in [0.25, 0.3) is 0 Å². The number of piperazine rings is 1. The molecule has 3 heterocycles. The third-order valence-electron chi connectivity index (χ3n) is 5.52. The van der Waals surface area contributed by atoms with Crippen LogP contribution >= 0.6 is 0 Å². The van der Waals surface area contributed by atoms with Gasteiger partial charge in [-0.3, -0.25) is 4.90 Å². The Labute approximate surface area is 158 Å². The van der Waals surface area contributed by atoms with Crippen molar-refractivity contribution in [3.8, 4) is 5.69 Å². The van der Waals surface area contributed by atoms with Crippen LogP contribution in [-0.4, -0.2) is 65.3 Å². The molecule has 2 aliphatic heterocycles. The lowest BCUT2D eigenvalue weighted by Gasteiger charge is -2.43. The van der Waals surface area contributed by atoms with E-state index in [0.29, 0.717) is 24.2 Å². The van der Waals surface area contributed by atoms with Crippen LogP contribution < -0.4 is 0 Å². The number of cyclic esters (lactones) is 1. The van der Waals surface area contributed by atoms with Crippen LogP contribution in [0, 0.1) is 6.92 Å². The Bertz CT molecular complexity index is 973. The third kappa shape index (κ3) is 2.81. The van der Waals surface area contributed by atoms with E-state index in [1.54, 1.807) is 47.1 Å². The number of carbonyl (C=O) groups is 1. The molecule has 27 heavy (non-hydrogen) atoms. The quantitative estimate of drug-likeness (QED) is 0.795. The molecule has 2 aromatic rings. The largest absolute Gasteiger partial charge is 0.447 e. The molecule has 1 atom stereocenters. The number of benzene rings is 1. The zero-order valence-corrected chi connectivity index (χ0v) is 16.1. The van der Waals surface area contributed by atoms with Crippen LogP contribution in [0.4, 0.5) is 4.79 Å². The van der Waals surface area contributed by atoms with Crippen molar-refractivity contribution in [3.05, 3.63) is 42.2 Å². The molecule has 2 aliphatic rings. The van der Waals surface area contributed by atoms with Gasteiger partial charge in [-0.25, -0.2) is 17.9 Å². The molecule has 0 N–H and O–H groups in total. The van der Waals surface area contributed by atoms with Crippen LogP contribution in [0.2, 0.25) is 0 Å². The number of aromatic nitrogens is 2. The highest BCUT2D eigenvalue weighted by atomic mass is 32.2. The monoisotopic (exact) mass is 390 g/mol. The van der Waals surface area contributed by atoms with Gasteiger partial charge in [-0.1, -0.05) is 13.0 Å². The van der Waals surface area contributed by atoms with Gasteiger partial charge in [-0.2, -0.15) is 9.40 Å². The first-order valence-corrected chi connectivity index (χ1v) is 10.4. The fourth-order valence-electron chi connectivity index (χ4n) is 3.80. The molecule has 144 valence electrons. The van der Waals surface area contributed by atoms with E-state index < -0.39 is 15.6 Å². The molecule has 8 nitrogen and oxygen atoms in total. The van der Waals surface area contributed by atoms with Gasteiger partial charge in [0.1, 0.15) is 6.61 Å². The van der Waals surface area contributed by atoms with Crippen molar-refractivity contribution in [1.29, 1.82) is 0 Å². The number of ether oxygens (including phenoxy) is 1. The van der Waals surface area contributed by atoms with Gasteiger partial charge >= 0.3 is 6.09 Å². The second-order valence-corrected chi connectivity index (χ2v) is 8.93. The van der Waals surface area contributed by atoms with Crippen LogP contribution in [0.15, 0.2) is 41.6 Å². The van der Waals surface area contributed by atoms with Gasteiger partial charge in [0.15, 0.2) is 0 Å². The Morgan fingerprint density at radius 3 is 2.81 bits per heavy atom. The first-order chi connectivity index (χ1) is 12.9. The summed E-state index contributed by atoms with van der Waals surface area (Å²) in [7, 11) is -3.71. The molecular formula is C18H22N4O4S. The maximum Gasteiger partial charge on any atom is 0.410 e. The first kappa shape index (κ1) is 18.0. The van der Waals surface area contributed by atoms with Crippen LogP contribution in [0.25, 0.3) is 5.69 Å². The minimum Gasteiger partial charge on any atom is -0.447 e. The van der Waals surface area contributed by atoms with E-state index in [0.717, 1.165) is 0 Å². The molecule has 2 saturated heterocycles. The predicted octanol–water partition coefficient (Wildman–Crippen LogP) is 1.79. The van der Waals surface area contributed by atoms with Crippen molar-refractivity contribution < 1.29 is 17.9 Å². The zero-order valence-electron chi connectivity index (χ0n) is 15.3. The summed E-state index contributed by atoms with van der Waals surface area (Å²) in [6.45, 7) is 4.79. The number of aryl methyl sites for hydroxylation is 1. The summed E-state index contributed by atoms with van der Waals surface area (Å²) in [5.74, 6) is 0. The van der Waals surface area contributed by atoms with Crippen LogP contribution in [0.5, 0.6) is 0 Å². The van der Waals surface area contributed by atoms with Gasteiger partial charge in [-0.15, -0.1) is 0 Å². The summed E-state index contributed by atoms with van der Waals surface area (Å²) < 4.78 is 35.1. The lowest BCUT2D eigenvalue weighted by atomic mass is 9.94. The summed E-state index contributed by atoms with van der Waals surface area (Å²) >= 11 is 0. The Balaban J connectivity index is 1.70. The highest BCUT2D eigenvalue weighted by molar-refractivity contribution is 7.89. The number of carbonyl (C=O) groups excluding carboxylic acids is 1. The van der Waals surface area contributed by atoms with Gasteiger partial charge in [0, 0.05) is 32.0 Å². The Hall–Kier alpha value is -2.39. The van der Waals surface area contributed by atoms with Crippen LogP contribution in [0.3, 0.4) is 0 Å². The van der Waals surface area contributed by atoms with E-state index in [4.69, 9.17) is 4.74 Å². The SMILES string of the molecule is CCC12COC(=O)N1CCN(S(=O)(=O)c1cc(-n3cccn3)ccc1C)C2. The Kier molecular flexibility index (Phi) is 4.23. The minimum atomic E-state index is -3.71. The molecule has 1 aromatic heterocycles. The molecule has 1 aromatic carbocycles. The first-order valence-electron chi connectivity index (χ1n) is 8.93. The van der Waals surface area contributed by atoms with E-state index in [1.807, 2.05) is 13.0 Å². The molecule has 4 rings (SSSR count). The van der Waals surface area contributed by atoms with Gasteiger partial charge in [0.05, 0.1) is 16.1 Å². The topological polar surface area (TPSA) is 84.7 Å². The zero-order chi connectivity index (χ0) is 19.2. The molecular weight excluding hydrogens is 368 g/mol. The van der Waals surface area contributed by atoms with Gasteiger partial charge in [-0.05, 0) is 37.1 Å². The molecule has 9 heteroatoms. The second kappa shape index (κ2) is 6.35. The molecule has 0 saturated carbocycles. The average Bonchev–Trinajstić information content (AvgIpc) is 3.31. The minimum absolute atomic E-state index is 0.223. The number of rotatable bonds is 4. The van der Waals surface area contributed by atoms with Crippen molar-refractivity contribution in [2.24, 2.45) is 0 Å². The highest BCUT2D eigenvalue weighted by Gasteiger charge is 2.51. The number of hydrogen-bond acceptors (Lipinski definition) is 5. The Morgan fingerprint density at radius 1 is 1.30 bits per heavy atom. The maximum absolute atomic E-state index is 13.4. The number of sulfonamides is 1. The smallest absolute Gasteiger partial charge is 0.410 e. The summed E-state index contributed by atoms with van der Waals surface area (Å²) in [4.78, 5) is 13.9. The molecule has 0 spiro atoms. The van der Waals surface area contributed by atoms with Crippen molar-refractivity contribution in [3.63, 3.8) is 0 Å². The molecule has 2 fully saturated rings. The van der Waals surface area contributed by atoms with E-state index in [1.165, 1.54) is 4.31 Å². The van der Waals surface area contributed by atoms with Crippen molar-refractivity contribution >= 4 is 16.1 Å². The van der Waals surface area contributed by atoms with Crippen LogP contribution in [0.1, 0.15) is 18.9 Å². The fourth-order valence-corrected chi connectivity index (χ4v) is 5.56. The number of nitrogens with zero attached hydrogens (tertiary/aromatic N) is 4. The van der Waals surface area contributed by atoms with E-state index in [-0.39, 0.29) is 30.7 Å². The predicted molar refractivity (Wildman–Crippen MR) is 98.1 cm³/mol. The average molecular weight is 390 g/mol. The molecule has 0 radical (unpaired) electrons. The van der Waals surface area contributed by atoms with Gasteiger partial charge < -0.3 is 4.74 Å². The summed E-state index contributed by atoms with van der Waals surface area (Å²) in [6.07, 6.45) is 3.70. The molecule has 0 aliphatic carbocycles. The lowest BCUT2D eigenvalue weighted by molar-refractivity contribution is 0.0884. The summed E-state index contributed by atoms with van der Waals surface area (Å²) in [6, 6.07) is 7.07. The second-order valence-electron chi connectivity index (χ2n) is 7.02. The maximum atomic E-state index is 13.4. The third-order valence-corrected chi connectivity index (χ3v) is 7.50. The van der Waals surface area contributed by atoms with Crippen molar-refractivity contribution in [2.45, 2.75) is 30.7 Å². The standard InChI is InChI=1S/C18H22N4O4S/c1-3-18-12-20(9-10-21(18)17(23)26-13-18)27(24,25)16-11-15(6-5-14(16)2)22-8-4-7-19-22/h4-8,11H,3,9-10,12-13H2,1-2H3. The summed E-state index contributed by atoms with van der Waals surface area (Å²) in [5, 5.41) is 4.18. The highest BCUT2D eigenvalue weighted by Crippen LogP contribution is 2.34.